The van der Waals surface area contributed by atoms with Gasteiger partial charge in [-0.15, -0.1) is 23.1 Å². The molecule has 138 valence electrons. The van der Waals surface area contributed by atoms with Crippen molar-refractivity contribution in [1.82, 2.24) is 0 Å². The SMILES string of the molecule is CCOC(=O)c1c(NC(=O)c2ccccc2SC)sc2c1CCC(C)C2. The Bertz CT molecular complexity index is 828. The lowest BCUT2D eigenvalue weighted by Crippen LogP contribution is -2.17. The van der Waals surface area contributed by atoms with E-state index >= 15 is 0 Å². The summed E-state index contributed by atoms with van der Waals surface area (Å²) in [7, 11) is 0. The summed E-state index contributed by atoms with van der Waals surface area (Å²) in [5, 5.41) is 3.59. The van der Waals surface area contributed by atoms with E-state index in [9.17, 15) is 9.59 Å². The first-order valence-corrected chi connectivity index (χ1v) is 10.8. The van der Waals surface area contributed by atoms with Gasteiger partial charge in [0.25, 0.3) is 5.91 Å². The number of thioether (sulfide) groups is 1. The van der Waals surface area contributed by atoms with Crippen LogP contribution in [0.25, 0.3) is 0 Å². The first-order valence-electron chi connectivity index (χ1n) is 8.81. The van der Waals surface area contributed by atoms with E-state index in [1.54, 1.807) is 13.0 Å². The average Bonchev–Trinajstić information content (AvgIpc) is 2.98. The molecule has 1 amide bonds. The summed E-state index contributed by atoms with van der Waals surface area (Å²) < 4.78 is 5.26. The fraction of sp³-hybridized carbons (Fsp3) is 0.400. The predicted molar refractivity (Wildman–Crippen MR) is 108 cm³/mol. The Morgan fingerprint density at radius 2 is 2.12 bits per heavy atom. The lowest BCUT2D eigenvalue weighted by Gasteiger charge is -2.18. The summed E-state index contributed by atoms with van der Waals surface area (Å²) in [6.45, 7) is 4.34. The van der Waals surface area contributed by atoms with E-state index in [4.69, 9.17) is 4.74 Å². The Kier molecular flexibility index (Phi) is 6.04. The number of ether oxygens (including phenoxy) is 1. The molecular formula is C20H23NO3S2. The third-order valence-corrected chi connectivity index (χ3v) is 6.54. The van der Waals surface area contributed by atoms with Gasteiger partial charge in [0.1, 0.15) is 5.00 Å². The summed E-state index contributed by atoms with van der Waals surface area (Å²) >= 11 is 3.05. The largest absolute Gasteiger partial charge is 0.462 e. The number of hydrogen-bond donors (Lipinski definition) is 1. The van der Waals surface area contributed by atoms with Gasteiger partial charge in [0.15, 0.2) is 0 Å². The number of anilines is 1. The highest BCUT2D eigenvalue weighted by Gasteiger charge is 2.29. The Morgan fingerprint density at radius 3 is 2.85 bits per heavy atom. The van der Waals surface area contributed by atoms with Crippen molar-refractivity contribution in [2.45, 2.75) is 38.0 Å². The van der Waals surface area contributed by atoms with Gasteiger partial charge in [-0.1, -0.05) is 19.1 Å². The smallest absolute Gasteiger partial charge is 0.341 e. The number of rotatable bonds is 5. The molecule has 1 aromatic heterocycles. The molecule has 1 aliphatic carbocycles. The zero-order valence-electron chi connectivity index (χ0n) is 15.3. The molecule has 0 spiro atoms. The van der Waals surface area contributed by atoms with E-state index in [-0.39, 0.29) is 11.9 Å². The fourth-order valence-corrected chi connectivity index (χ4v) is 5.25. The van der Waals surface area contributed by atoms with Crippen LogP contribution in [0.15, 0.2) is 29.2 Å². The second-order valence-electron chi connectivity index (χ2n) is 6.43. The van der Waals surface area contributed by atoms with Crippen molar-refractivity contribution in [2.75, 3.05) is 18.2 Å². The van der Waals surface area contributed by atoms with Crippen molar-refractivity contribution in [2.24, 2.45) is 5.92 Å². The van der Waals surface area contributed by atoms with Gasteiger partial charge < -0.3 is 10.1 Å². The van der Waals surface area contributed by atoms with Crippen LogP contribution in [0.3, 0.4) is 0 Å². The highest BCUT2D eigenvalue weighted by Crippen LogP contribution is 2.40. The van der Waals surface area contributed by atoms with Crippen LogP contribution in [0.2, 0.25) is 0 Å². The van der Waals surface area contributed by atoms with Crippen LogP contribution in [0, 0.1) is 5.92 Å². The molecule has 1 atom stereocenters. The molecule has 1 heterocycles. The minimum Gasteiger partial charge on any atom is -0.462 e. The molecule has 4 nitrogen and oxygen atoms in total. The van der Waals surface area contributed by atoms with Crippen LogP contribution in [0.1, 0.15) is 51.4 Å². The summed E-state index contributed by atoms with van der Waals surface area (Å²) in [5.41, 5.74) is 2.23. The molecule has 0 saturated heterocycles. The monoisotopic (exact) mass is 389 g/mol. The van der Waals surface area contributed by atoms with Gasteiger partial charge in [-0.3, -0.25) is 4.79 Å². The van der Waals surface area contributed by atoms with Gasteiger partial charge in [-0.05, 0) is 56.1 Å². The number of esters is 1. The fourth-order valence-electron chi connectivity index (χ4n) is 3.26. The molecule has 1 N–H and O–H groups in total. The Balaban J connectivity index is 1.96. The molecular weight excluding hydrogens is 366 g/mol. The van der Waals surface area contributed by atoms with Gasteiger partial charge in [0, 0.05) is 9.77 Å². The van der Waals surface area contributed by atoms with Crippen LogP contribution in [-0.2, 0) is 17.6 Å². The molecule has 0 aliphatic heterocycles. The number of carbonyl (C=O) groups excluding carboxylic acids is 2. The number of thiophene rings is 1. The normalized spacial score (nSPS) is 16.0. The highest BCUT2D eigenvalue weighted by atomic mass is 32.2. The van der Waals surface area contributed by atoms with E-state index in [1.807, 2.05) is 24.5 Å². The summed E-state index contributed by atoms with van der Waals surface area (Å²) in [4.78, 5) is 27.5. The molecule has 1 unspecified atom stereocenters. The Hall–Kier alpha value is -1.79. The Morgan fingerprint density at radius 1 is 1.35 bits per heavy atom. The number of carbonyl (C=O) groups is 2. The van der Waals surface area contributed by atoms with Crippen molar-refractivity contribution in [3.05, 3.63) is 45.8 Å². The maximum atomic E-state index is 12.8. The van der Waals surface area contributed by atoms with Crippen molar-refractivity contribution in [3.63, 3.8) is 0 Å². The summed E-state index contributed by atoms with van der Waals surface area (Å²) in [5.74, 6) is 0.0668. The first kappa shape index (κ1) is 19.0. The predicted octanol–water partition coefficient (Wildman–Crippen LogP) is 5.02. The van der Waals surface area contributed by atoms with Gasteiger partial charge in [0.2, 0.25) is 0 Å². The van der Waals surface area contributed by atoms with E-state index in [1.165, 1.54) is 28.0 Å². The van der Waals surface area contributed by atoms with Gasteiger partial charge in [-0.25, -0.2) is 4.79 Å². The third kappa shape index (κ3) is 3.81. The molecule has 1 aliphatic rings. The number of fused-ring (bicyclic) bond motifs is 1. The van der Waals surface area contributed by atoms with Crippen molar-refractivity contribution in [1.29, 1.82) is 0 Å². The second-order valence-corrected chi connectivity index (χ2v) is 8.38. The van der Waals surface area contributed by atoms with E-state index in [0.29, 0.717) is 28.7 Å². The van der Waals surface area contributed by atoms with Gasteiger partial charge >= 0.3 is 5.97 Å². The standard InChI is InChI=1S/C20H23NO3S2/c1-4-24-20(23)17-13-10-9-12(2)11-16(13)26-19(17)21-18(22)14-7-5-6-8-15(14)25-3/h5-8,12H,4,9-11H2,1-3H3,(H,21,22). The van der Waals surface area contributed by atoms with Crippen molar-refractivity contribution < 1.29 is 14.3 Å². The zero-order chi connectivity index (χ0) is 18.7. The van der Waals surface area contributed by atoms with Crippen molar-refractivity contribution >= 4 is 40.0 Å². The van der Waals surface area contributed by atoms with Crippen LogP contribution in [0.5, 0.6) is 0 Å². The molecule has 2 aromatic rings. The van der Waals surface area contributed by atoms with Gasteiger partial charge in [0.05, 0.1) is 17.7 Å². The maximum absolute atomic E-state index is 12.8. The Labute approximate surface area is 162 Å². The van der Waals surface area contributed by atoms with E-state index in [2.05, 4.69) is 12.2 Å². The molecule has 3 rings (SSSR count). The molecule has 6 heteroatoms. The minimum atomic E-state index is -0.340. The number of amides is 1. The molecule has 1 aromatic carbocycles. The van der Waals surface area contributed by atoms with Crippen LogP contribution < -0.4 is 5.32 Å². The molecule has 0 saturated carbocycles. The molecule has 0 radical (unpaired) electrons. The summed E-state index contributed by atoms with van der Waals surface area (Å²) in [6.07, 6.45) is 4.81. The first-order chi connectivity index (χ1) is 12.5. The van der Waals surface area contributed by atoms with E-state index in [0.717, 1.165) is 29.7 Å². The van der Waals surface area contributed by atoms with E-state index < -0.39 is 0 Å². The quantitative estimate of drug-likeness (QED) is 0.576. The van der Waals surface area contributed by atoms with Gasteiger partial charge in [-0.2, -0.15) is 0 Å². The molecule has 0 fully saturated rings. The molecule has 0 bridgehead atoms. The van der Waals surface area contributed by atoms with Crippen LogP contribution in [0.4, 0.5) is 5.00 Å². The number of nitrogens with one attached hydrogen (secondary N) is 1. The highest BCUT2D eigenvalue weighted by molar-refractivity contribution is 7.98. The van der Waals surface area contributed by atoms with Crippen LogP contribution in [-0.4, -0.2) is 24.7 Å². The number of hydrogen-bond acceptors (Lipinski definition) is 5. The lowest BCUT2D eigenvalue weighted by molar-refractivity contribution is 0.0526. The lowest BCUT2D eigenvalue weighted by atomic mass is 9.88. The van der Waals surface area contributed by atoms with Crippen LogP contribution >= 0.6 is 23.1 Å². The van der Waals surface area contributed by atoms with Crippen molar-refractivity contribution in [3.8, 4) is 0 Å². The average molecular weight is 390 g/mol. The third-order valence-electron chi connectivity index (χ3n) is 4.57. The second kappa shape index (κ2) is 8.27. The topological polar surface area (TPSA) is 55.4 Å². The number of benzene rings is 1. The molecule has 26 heavy (non-hydrogen) atoms. The zero-order valence-corrected chi connectivity index (χ0v) is 16.9. The summed E-state index contributed by atoms with van der Waals surface area (Å²) in [6, 6.07) is 7.49. The minimum absolute atomic E-state index is 0.188. The maximum Gasteiger partial charge on any atom is 0.341 e.